The first-order valence-corrected chi connectivity index (χ1v) is 8.69. The molecule has 0 N–H and O–H groups in total. The number of anilines is 1. The maximum Gasteiger partial charge on any atom is 0.355 e. The molecule has 1 heterocycles. The SMILES string of the molecule is COC(=O)C1=C(C(=O)OC)N(c2cc(Br)c(OC)cc2C(=O)OC)C=CC=C1. The third-order valence-electron chi connectivity index (χ3n) is 3.82. The Labute approximate surface area is 170 Å². The molecular weight excluding hydrogens is 434 g/mol. The zero-order chi connectivity index (χ0) is 20.8. The van der Waals surface area contributed by atoms with Gasteiger partial charge < -0.3 is 23.8 Å². The maximum atomic E-state index is 12.5. The fourth-order valence-electron chi connectivity index (χ4n) is 2.52. The third kappa shape index (κ3) is 4.09. The molecule has 0 aliphatic carbocycles. The van der Waals surface area contributed by atoms with Crippen LogP contribution in [0.5, 0.6) is 5.75 Å². The summed E-state index contributed by atoms with van der Waals surface area (Å²) in [5, 5.41) is 0. The first-order valence-electron chi connectivity index (χ1n) is 7.90. The average Bonchev–Trinajstić information content (AvgIpc) is 2.94. The van der Waals surface area contributed by atoms with Crippen molar-refractivity contribution >= 4 is 39.5 Å². The fraction of sp³-hybridized carbons (Fsp3) is 0.211. The van der Waals surface area contributed by atoms with Crippen LogP contribution in [0.2, 0.25) is 0 Å². The molecule has 148 valence electrons. The first-order chi connectivity index (χ1) is 13.4. The van der Waals surface area contributed by atoms with E-state index in [0.717, 1.165) is 0 Å². The van der Waals surface area contributed by atoms with E-state index < -0.39 is 17.9 Å². The summed E-state index contributed by atoms with van der Waals surface area (Å²) in [4.78, 5) is 38.5. The van der Waals surface area contributed by atoms with E-state index in [1.807, 2.05) is 0 Å². The molecule has 0 atom stereocenters. The van der Waals surface area contributed by atoms with Crippen LogP contribution in [0, 0.1) is 0 Å². The smallest absolute Gasteiger partial charge is 0.355 e. The van der Waals surface area contributed by atoms with Gasteiger partial charge in [0.1, 0.15) is 11.4 Å². The van der Waals surface area contributed by atoms with Crippen LogP contribution in [0.4, 0.5) is 5.69 Å². The van der Waals surface area contributed by atoms with Crippen LogP contribution in [0.3, 0.4) is 0 Å². The van der Waals surface area contributed by atoms with Gasteiger partial charge in [-0.3, -0.25) is 0 Å². The van der Waals surface area contributed by atoms with Gasteiger partial charge in [0.15, 0.2) is 0 Å². The monoisotopic (exact) mass is 451 g/mol. The molecule has 0 radical (unpaired) electrons. The highest BCUT2D eigenvalue weighted by molar-refractivity contribution is 9.10. The number of ether oxygens (including phenoxy) is 4. The molecule has 0 spiro atoms. The summed E-state index contributed by atoms with van der Waals surface area (Å²) in [5.74, 6) is -1.80. The molecule has 0 amide bonds. The summed E-state index contributed by atoms with van der Waals surface area (Å²) in [6.45, 7) is 0. The predicted octanol–water partition coefficient (Wildman–Crippen LogP) is 2.73. The first kappa shape index (κ1) is 21.2. The van der Waals surface area contributed by atoms with E-state index in [1.165, 1.54) is 51.7 Å². The molecule has 0 saturated carbocycles. The van der Waals surface area contributed by atoms with E-state index in [0.29, 0.717) is 10.2 Å². The lowest BCUT2D eigenvalue weighted by Crippen LogP contribution is -2.28. The largest absolute Gasteiger partial charge is 0.496 e. The predicted molar refractivity (Wildman–Crippen MR) is 104 cm³/mol. The van der Waals surface area contributed by atoms with Crippen molar-refractivity contribution in [2.45, 2.75) is 0 Å². The summed E-state index contributed by atoms with van der Waals surface area (Å²) < 4.78 is 20.3. The Morgan fingerprint density at radius 2 is 1.54 bits per heavy atom. The van der Waals surface area contributed by atoms with Crippen LogP contribution in [-0.2, 0) is 23.8 Å². The zero-order valence-electron chi connectivity index (χ0n) is 15.6. The molecule has 0 fully saturated rings. The minimum absolute atomic E-state index is 0.0397. The van der Waals surface area contributed by atoms with Crippen molar-refractivity contribution in [3.8, 4) is 5.75 Å². The van der Waals surface area contributed by atoms with Gasteiger partial charge in [-0.2, -0.15) is 0 Å². The number of rotatable bonds is 5. The number of nitrogens with zero attached hydrogens (tertiary/aromatic N) is 1. The molecule has 28 heavy (non-hydrogen) atoms. The minimum atomic E-state index is -0.792. The molecule has 1 aliphatic heterocycles. The van der Waals surface area contributed by atoms with Crippen LogP contribution in [0.25, 0.3) is 0 Å². The number of benzene rings is 1. The standard InChI is InChI=1S/C19H18BrNO7/c1-25-15-9-12(18(23)27-3)14(10-13(15)20)21-8-6-5-7-11(17(22)26-2)16(21)19(24)28-4/h5-10H,1-4H3. The van der Waals surface area contributed by atoms with Crippen molar-refractivity contribution in [1.29, 1.82) is 0 Å². The second-order valence-corrected chi connectivity index (χ2v) is 6.17. The molecule has 0 saturated heterocycles. The van der Waals surface area contributed by atoms with Gasteiger partial charge in [-0.1, -0.05) is 6.08 Å². The summed E-state index contributed by atoms with van der Waals surface area (Å²) in [6, 6.07) is 3.03. The molecule has 9 heteroatoms. The number of allylic oxidation sites excluding steroid dienone is 2. The van der Waals surface area contributed by atoms with Gasteiger partial charge in [-0.15, -0.1) is 0 Å². The van der Waals surface area contributed by atoms with E-state index >= 15 is 0 Å². The van der Waals surface area contributed by atoms with Gasteiger partial charge in [0.2, 0.25) is 0 Å². The summed E-state index contributed by atoms with van der Waals surface area (Å²) in [7, 11) is 5.07. The van der Waals surface area contributed by atoms with Crippen molar-refractivity contribution in [2.24, 2.45) is 0 Å². The number of hydrogen-bond donors (Lipinski definition) is 0. The molecule has 2 rings (SSSR count). The van der Waals surface area contributed by atoms with Crippen molar-refractivity contribution in [1.82, 2.24) is 0 Å². The van der Waals surface area contributed by atoms with Gasteiger partial charge in [0.05, 0.1) is 49.7 Å². The molecule has 1 aliphatic rings. The van der Waals surface area contributed by atoms with Crippen LogP contribution < -0.4 is 9.64 Å². The molecule has 0 bridgehead atoms. The Hall–Kier alpha value is -3.07. The van der Waals surface area contributed by atoms with Crippen LogP contribution in [0.15, 0.2) is 52.3 Å². The Balaban J connectivity index is 2.83. The quantitative estimate of drug-likeness (QED) is 0.498. The van der Waals surface area contributed by atoms with E-state index in [2.05, 4.69) is 15.9 Å². The summed E-state index contributed by atoms with van der Waals surface area (Å²) >= 11 is 3.36. The van der Waals surface area contributed by atoms with E-state index in [1.54, 1.807) is 18.2 Å². The van der Waals surface area contributed by atoms with Crippen LogP contribution >= 0.6 is 15.9 Å². The van der Waals surface area contributed by atoms with Gasteiger partial charge in [-0.25, -0.2) is 14.4 Å². The molecule has 1 aromatic rings. The summed E-state index contributed by atoms with van der Waals surface area (Å²) in [6.07, 6.45) is 6.09. The highest BCUT2D eigenvalue weighted by Crippen LogP contribution is 2.37. The third-order valence-corrected chi connectivity index (χ3v) is 4.44. The topological polar surface area (TPSA) is 91.4 Å². The average molecular weight is 452 g/mol. The number of halogens is 1. The molecular formula is C19H18BrNO7. The van der Waals surface area contributed by atoms with Crippen molar-refractivity contribution < 1.29 is 33.3 Å². The minimum Gasteiger partial charge on any atom is -0.496 e. The van der Waals surface area contributed by atoms with Crippen molar-refractivity contribution in [3.63, 3.8) is 0 Å². The molecule has 0 aromatic heterocycles. The second kappa shape index (κ2) is 9.23. The number of hydrogen-bond acceptors (Lipinski definition) is 8. The lowest BCUT2D eigenvalue weighted by Gasteiger charge is -2.25. The lowest BCUT2D eigenvalue weighted by molar-refractivity contribution is -0.139. The van der Waals surface area contributed by atoms with Gasteiger partial charge >= 0.3 is 17.9 Å². The van der Waals surface area contributed by atoms with Gasteiger partial charge in [-0.05, 0) is 40.2 Å². The number of carbonyl (C=O) groups excluding carboxylic acids is 3. The number of methoxy groups -OCH3 is 4. The van der Waals surface area contributed by atoms with E-state index in [4.69, 9.17) is 18.9 Å². The van der Waals surface area contributed by atoms with Crippen LogP contribution in [-0.4, -0.2) is 46.3 Å². The zero-order valence-corrected chi connectivity index (χ0v) is 17.2. The molecule has 8 nitrogen and oxygen atoms in total. The number of carbonyl (C=O) groups is 3. The Morgan fingerprint density at radius 3 is 2.11 bits per heavy atom. The van der Waals surface area contributed by atoms with Crippen molar-refractivity contribution in [2.75, 3.05) is 33.3 Å². The molecule has 1 aromatic carbocycles. The highest BCUT2D eigenvalue weighted by atomic mass is 79.9. The van der Waals surface area contributed by atoms with Crippen LogP contribution in [0.1, 0.15) is 10.4 Å². The van der Waals surface area contributed by atoms with Crippen molar-refractivity contribution in [3.05, 3.63) is 57.9 Å². The maximum absolute atomic E-state index is 12.5. The number of esters is 3. The Kier molecular flexibility index (Phi) is 7.00. The lowest BCUT2D eigenvalue weighted by atomic mass is 10.1. The summed E-state index contributed by atoms with van der Waals surface area (Å²) in [5.41, 5.74) is 0.213. The highest BCUT2D eigenvalue weighted by Gasteiger charge is 2.30. The van der Waals surface area contributed by atoms with Gasteiger partial charge in [0.25, 0.3) is 0 Å². The van der Waals surface area contributed by atoms with Gasteiger partial charge in [0, 0.05) is 6.20 Å². The second-order valence-electron chi connectivity index (χ2n) is 5.31. The normalized spacial score (nSPS) is 13.1. The van der Waals surface area contributed by atoms with E-state index in [9.17, 15) is 14.4 Å². The Bertz CT molecular complexity index is 902. The Morgan fingerprint density at radius 1 is 0.893 bits per heavy atom. The van der Waals surface area contributed by atoms with E-state index in [-0.39, 0.29) is 22.5 Å². The molecule has 0 unspecified atom stereocenters. The fourth-order valence-corrected chi connectivity index (χ4v) is 3.02.